The molecule has 0 aliphatic rings. The minimum Gasteiger partial charge on any atom is -0.497 e. The molecule has 22 heavy (non-hydrogen) atoms. The van der Waals surface area contributed by atoms with E-state index in [1.807, 2.05) is 6.92 Å². The van der Waals surface area contributed by atoms with E-state index < -0.39 is 10.0 Å². The van der Waals surface area contributed by atoms with E-state index in [2.05, 4.69) is 23.5 Å². The number of sulfonamides is 1. The van der Waals surface area contributed by atoms with Gasteiger partial charge in [0.05, 0.1) is 14.2 Å². The van der Waals surface area contributed by atoms with Crippen LogP contribution >= 0.6 is 0 Å². The number of hydrogen-bond acceptors (Lipinski definition) is 5. The summed E-state index contributed by atoms with van der Waals surface area (Å²) in [6, 6.07) is 4.82. The Labute approximate surface area is 133 Å². The van der Waals surface area contributed by atoms with Crippen LogP contribution in [0.4, 0.5) is 0 Å². The van der Waals surface area contributed by atoms with Crippen LogP contribution in [0.3, 0.4) is 0 Å². The molecule has 0 heterocycles. The van der Waals surface area contributed by atoms with E-state index in [1.165, 1.54) is 20.3 Å². The van der Waals surface area contributed by atoms with Gasteiger partial charge in [0.1, 0.15) is 16.4 Å². The predicted molar refractivity (Wildman–Crippen MR) is 87.1 cm³/mol. The zero-order valence-electron chi connectivity index (χ0n) is 13.9. The highest BCUT2D eigenvalue weighted by Gasteiger charge is 2.22. The third-order valence-electron chi connectivity index (χ3n) is 3.66. The first kappa shape index (κ1) is 18.7. The number of methoxy groups -OCH3 is 2. The zero-order chi connectivity index (χ0) is 16.8. The molecule has 0 saturated heterocycles. The Balaban J connectivity index is 2.95. The molecule has 0 spiro atoms. The molecule has 0 amide bonds. The Morgan fingerprint density at radius 3 is 2.32 bits per heavy atom. The quantitative estimate of drug-likeness (QED) is 0.746. The van der Waals surface area contributed by atoms with Gasteiger partial charge in [0.15, 0.2) is 0 Å². The van der Waals surface area contributed by atoms with Crippen molar-refractivity contribution >= 4 is 10.0 Å². The molecule has 1 rings (SSSR count). The van der Waals surface area contributed by atoms with Crippen LogP contribution in [-0.2, 0) is 10.0 Å². The standard InChI is InChI=1S/C15H26N2O4S/c1-6-17(7-2)12(3)11-16-22(18,19)15-10-13(20-4)8-9-14(15)21-5/h8-10,12,16H,6-7,11H2,1-5H3. The van der Waals surface area contributed by atoms with Crippen LogP contribution in [0.25, 0.3) is 0 Å². The number of nitrogens with zero attached hydrogens (tertiary/aromatic N) is 1. The third kappa shape index (κ3) is 4.59. The Bertz CT molecular complexity index is 571. The number of nitrogens with one attached hydrogen (secondary N) is 1. The van der Waals surface area contributed by atoms with Crippen molar-refractivity contribution in [3.63, 3.8) is 0 Å². The Hall–Kier alpha value is -1.31. The van der Waals surface area contributed by atoms with Crippen molar-refractivity contribution in [1.29, 1.82) is 0 Å². The number of rotatable bonds is 9. The van der Waals surface area contributed by atoms with Crippen LogP contribution in [0.15, 0.2) is 23.1 Å². The molecule has 0 aliphatic heterocycles. The number of ether oxygens (including phenoxy) is 2. The van der Waals surface area contributed by atoms with Crippen LogP contribution in [0, 0.1) is 0 Å². The molecular weight excluding hydrogens is 304 g/mol. The van der Waals surface area contributed by atoms with Gasteiger partial charge in [-0.05, 0) is 32.1 Å². The van der Waals surface area contributed by atoms with Gasteiger partial charge in [-0.3, -0.25) is 4.90 Å². The molecule has 0 fully saturated rings. The maximum absolute atomic E-state index is 12.5. The topological polar surface area (TPSA) is 67.9 Å². The second-order valence-corrected chi connectivity index (χ2v) is 6.67. The first-order chi connectivity index (χ1) is 10.4. The molecule has 1 unspecified atom stereocenters. The van der Waals surface area contributed by atoms with E-state index in [0.717, 1.165) is 13.1 Å². The summed E-state index contributed by atoms with van der Waals surface area (Å²) in [5.41, 5.74) is 0. The maximum Gasteiger partial charge on any atom is 0.244 e. The first-order valence-electron chi connectivity index (χ1n) is 7.35. The molecule has 1 aromatic rings. The van der Waals surface area contributed by atoms with Gasteiger partial charge in [0.2, 0.25) is 10.0 Å². The second kappa shape index (κ2) is 8.36. The van der Waals surface area contributed by atoms with Gasteiger partial charge in [0, 0.05) is 18.7 Å². The molecular formula is C15H26N2O4S. The van der Waals surface area contributed by atoms with E-state index in [9.17, 15) is 8.42 Å². The molecule has 7 heteroatoms. The Morgan fingerprint density at radius 2 is 1.82 bits per heavy atom. The number of benzene rings is 1. The monoisotopic (exact) mass is 330 g/mol. The lowest BCUT2D eigenvalue weighted by molar-refractivity contribution is 0.232. The summed E-state index contributed by atoms with van der Waals surface area (Å²) in [5, 5.41) is 0. The van der Waals surface area contributed by atoms with Gasteiger partial charge < -0.3 is 9.47 Å². The van der Waals surface area contributed by atoms with Crippen molar-refractivity contribution in [1.82, 2.24) is 9.62 Å². The van der Waals surface area contributed by atoms with Crippen LogP contribution in [0.1, 0.15) is 20.8 Å². The number of likely N-dealkylation sites (N-methyl/N-ethyl adjacent to an activating group) is 1. The summed E-state index contributed by atoms with van der Waals surface area (Å²) in [6.07, 6.45) is 0. The lowest BCUT2D eigenvalue weighted by Crippen LogP contribution is -2.42. The summed E-state index contributed by atoms with van der Waals surface area (Å²) >= 11 is 0. The van der Waals surface area contributed by atoms with Gasteiger partial charge in [-0.2, -0.15) is 0 Å². The molecule has 126 valence electrons. The summed E-state index contributed by atoms with van der Waals surface area (Å²) < 4.78 is 37.9. The van der Waals surface area contributed by atoms with Gasteiger partial charge in [0.25, 0.3) is 0 Å². The lowest BCUT2D eigenvalue weighted by Gasteiger charge is -2.26. The fourth-order valence-electron chi connectivity index (χ4n) is 2.28. The van der Waals surface area contributed by atoms with Gasteiger partial charge in [-0.1, -0.05) is 13.8 Å². The molecule has 0 aliphatic carbocycles. The third-order valence-corrected chi connectivity index (χ3v) is 5.11. The fraction of sp³-hybridized carbons (Fsp3) is 0.600. The van der Waals surface area contributed by atoms with Crippen molar-refractivity contribution in [3.8, 4) is 11.5 Å². The SMILES string of the molecule is CCN(CC)C(C)CNS(=O)(=O)c1cc(OC)ccc1OC. The van der Waals surface area contributed by atoms with Crippen molar-refractivity contribution in [2.45, 2.75) is 31.7 Å². The summed E-state index contributed by atoms with van der Waals surface area (Å²) in [7, 11) is -0.724. The molecule has 0 saturated carbocycles. The first-order valence-corrected chi connectivity index (χ1v) is 8.83. The Kier molecular flexibility index (Phi) is 7.12. The van der Waals surface area contributed by atoms with Crippen LogP contribution in [0.5, 0.6) is 11.5 Å². The van der Waals surface area contributed by atoms with Crippen molar-refractivity contribution < 1.29 is 17.9 Å². The van der Waals surface area contributed by atoms with E-state index in [4.69, 9.17) is 9.47 Å². The number of hydrogen-bond donors (Lipinski definition) is 1. The fourth-order valence-corrected chi connectivity index (χ4v) is 3.58. The van der Waals surface area contributed by atoms with Crippen LogP contribution < -0.4 is 14.2 Å². The lowest BCUT2D eigenvalue weighted by atomic mass is 10.3. The molecule has 0 aromatic heterocycles. The largest absolute Gasteiger partial charge is 0.497 e. The van der Waals surface area contributed by atoms with Crippen molar-refractivity contribution in [2.75, 3.05) is 33.9 Å². The normalized spacial score (nSPS) is 13.2. The van der Waals surface area contributed by atoms with Crippen LogP contribution in [-0.4, -0.2) is 53.2 Å². The average Bonchev–Trinajstić information content (AvgIpc) is 2.53. The highest BCUT2D eigenvalue weighted by molar-refractivity contribution is 7.89. The molecule has 1 atom stereocenters. The molecule has 1 aromatic carbocycles. The van der Waals surface area contributed by atoms with Gasteiger partial charge in [-0.15, -0.1) is 0 Å². The van der Waals surface area contributed by atoms with Crippen molar-refractivity contribution in [3.05, 3.63) is 18.2 Å². The molecule has 1 N–H and O–H groups in total. The highest BCUT2D eigenvalue weighted by Crippen LogP contribution is 2.27. The van der Waals surface area contributed by atoms with E-state index >= 15 is 0 Å². The smallest absolute Gasteiger partial charge is 0.244 e. The van der Waals surface area contributed by atoms with Crippen molar-refractivity contribution in [2.24, 2.45) is 0 Å². The maximum atomic E-state index is 12.5. The summed E-state index contributed by atoms with van der Waals surface area (Å²) in [5.74, 6) is 0.766. The minimum absolute atomic E-state index is 0.0843. The minimum atomic E-state index is -3.66. The predicted octanol–water partition coefficient (Wildman–Crippen LogP) is 1.71. The van der Waals surface area contributed by atoms with Gasteiger partial charge >= 0.3 is 0 Å². The molecule has 0 radical (unpaired) electrons. The second-order valence-electron chi connectivity index (χ2n) is 4.94. The molecule has 6 nitrogen and oxygen atoms in total. The van der Waals surface area contributed by atoms with E-state index in [0.29, 0.717) is 18.0 Å². The summed E-state index contributed by atoms with van der Waals surface area (Å²) in [6.45, 7) is 8.20. The van der Waals surface area contributed by atoms with Gasteiger partial charge in [-0.25, -0.2) is 13.1 Å². The van der Waals surface area contributed by atoms with Crippen LogP contribution in [0.2, 0.25) is 0 Å². The highest BCUT2D eigenvalue weighted by atomic mass is 32.2. The zero-order valence-corrected chi connectivity index (χ0v) is 14.7. The van der Waals surface area contributed by atoms with E-state index in [1.54, 1.807) is 12.1 Å². The summed E-state index contributed by atoms with van der Waals surface area (Å²) in [4.78, 5) is 2.27. The Morgan fingerprint density at radius 1 is 1.18 bits per heavy atom. The average molecular weight is 330 g/mol. The molecule has 0 bridgehead atoms. The van der Waals surface area contributed by atoms with E-state index in [-0.39, 0.29) is 10.9 Å².